The van der Waals surface area contributed by atoms with Crippen LogP contribution in [0.4, 0.5) is 10.5 Å². The molecule has 2 heterocycles. The smallest absolute Gasteiger partial charge is 0.321 e. The molecule has 92 valence electrons. The molecule has 0 aromatic carbocycles. The third-order valence-electron chi connectivity index (χ3n) is 3.14. The Labute approximate surface area is 100 Å². The van der Waals surface area contributed by atoms with Gasteiger partial charge in [0.05, 0.1) is 6.10 Å². The zero-order chi connectivity index (χ0) is 12.3. The molecule has 0 saturated carbocycles. The van der Waals surface area contributed by atoms with Crippen LogP contribution >= 0.6 is 0 Å². The van der Waals surface area contributed by atoms with E-state index in [1.54, 1.807) is 29.4 Å². The summed E-state index contributed by atoms with van der Waals surface area (Å²) in [5.74, 6) is 0.264. The number of aromatic nitrogens is 1. The number of hydrogen-bond donors (Lipinski definition) is 2. The third kappa shape index (κ3) is 2.94. The quantitative estimate of drug-likeness (QED) is 0.771. The van der Waals surface area contributed by atoms with E-state index in [4.69, 9.17) is 0 Å². The number of β-amino-alcohol motifs (C(OH)–C–C–N with tert-alkyl or cyclic N) is 1. The number of aliphatic hydroxyl groups is 1. The van der Waals surface area contributed by atoms with Crippen LogP contribution in [0.15, 0.2) is 24.5 Å². The number of hydrogen-bond acceptors (Lipinski definition) is 3. The van der Waals surface area contributed by atoms with Crippen LogP contribution in [0, 0.1) is 5.92 Å². The van der Waals surface area contributed by atoms with Gasteiger partial charge in [0.25, 0.3) is 0 Å². The van der Waals surface area contributed by atoms with E-state index in [0.717, 1.165) is 12.1 Å². The van der Waals surface area contributed by atoms with Gasteiger partial charge in [0, 0.05) is 31.2 Å². The van der Waals surface area contributed by atoms with E-state index < -0.39 is 6.10 Å². The van der Waals surface area contributed by atoms with Crippen LogP contribution in [-0.4, -0.2) is 40.2 Å². The lowest BCUT2D eigenvalue weighted by Gasteiger charge is -2.34. The lowest BCUT2D eigenvalue weighted by atomic mass is 9.96. The van der Waals surface area contributed by atoms with Crippen molar-refractivity contribution in [2.24, 2.45) is 5.92 Å². The average Bonchev–Trinajstić information content (AvgIpc) is 2.34. The highest BCUT2D eigenvalue weighted by molar-refractivity contribution is 5.89. The summed E-state index contributed by atoms with van der Waals surface area (Å²) in [5.41, 5.74) is 0.720. The van der Waals surface area contributed by atoms with Crippen LogP contribution in [0.25, 0.3) is 0 Å². The molecule has 0 bridgehead atoms. The molecule has 0 aliphatic carbocycles. The van der Waals surface area contributed by atoms with Crippen LogP contribution < -0.4 is 5.32 Å². The van der Waals surface area contributed by atoms with Gasteiger partial charge in [0.2, 0.25) is 0 Å². The Balaban J connectivity index is 1.93. The number of anilines is 1. The van der Waals surface area contributed by atoms with Crippen molar-refractivity contribution in [3.8, 4) is 0 Å². The molecule has 1 aliphatic heterocycles. The lowest BCUT2D eigenvalue weighted by Crippen LogP contribution is -2.47. The van der Waals surface area contributed by atoms with Crippen molar-refractivity contribution in [3.05, 3.63) is 24.5 Å². The number of urea groups is 1. The van der Waals surface area contributed by atoms with Crippen LogP contribution in [-0.2, 0) is 0 Å². The van der Waals surface area contributed by atoms with Gasteiger partial charge in [-0.1, -0.05) is 6.92 Å². The highest BCUT2D eigenvalue weighted by Crippen LogP contribution is 2.17. The Bertz CT molecular complexity index is 383. The molecule has 2 N–H and O–H groups in total. The Morgan fingerprint density at radius 2 is 2.24 bits per heavy atom. The van der Waals surface area contributed by atoms with Gasteiger partial charge in [0.1, 0.15) is 0 Å². The van der Waals surface area contributed by atoms with Crippen LogP contribution in [0.2, 0.25) is 0 Å². The number of carbonyl (C=O) groups excluding carboxylic acids is 1. The fourth-order valence-corrected chi connectivity index (χ4v) is 1.87. The molecular weight excluding hydrogens is 218 g/mol. The van der Waals surface area contributed by atoms with E-state index in [0.29, 0.717) is 13.1 Å². The van der Waals surface area contributed by atoms with Crippen molar-refractivity contribution in [3.63, 3.8) is 0 Å². The van der Waals surface area contributed by atoms with Gasteiger partial charge in [0.15, 0.2) is 0 Å². The number of carbonyl (C=O) groups is 1. The minimum Gasteiger partial charge on any atom is -0.391 e. The van der Waals surface area contributed by atoms with Gasteiger partial charge in [-0.25, -0.2) is 4.79 Å². The van der Waals surface area contributed by atoms with E-state index in [9.17, 15) is 9.90 Å². The average molecular weight is 235 g/mol. The Hall–Kier alpha value is -1.62. The topological polar surface area (TPSA) is 65.5 Å². The van der Waals surface area contributed by atoms with Gasteiger partial charge >= 0.3 is 6.03 Å². The van der Waals surface area contributed by atoms with Gasteiger partial charge in [-0.05, 0) is 24.5 Å². The SMILES string of the molecule is CC1CCN(C(=O)Nc2ccncc2)CC1O. The van der Waals surface area contributed by atoms with Gasteiger partial charge in [-0.2, -0.15) is 0 Å². The molecule has 5 heteroatoms. The van der Waals surface area contributed by atoms with E-state index >= 15 is 0 Å². The summed E-state index contributed by atoms with van der Waals surface area (Å²) in [6.45, 7) is 3.09. The van der Waals surface area contributed by atoms with E-state index in [-0.39, 0.29) is 11.9 Å². The highest BCUT2D eigenvalue weighted by Gasteiger charge is 2.27. The number of pyridine rings is 1. The molecule has 2 unspecified atom stereocenters. The maximum absolute atomic E-state index is 11.9. The van der Waals surface area contributed by atoms with Crippen molar-refractivity contribution in [2.75, 3.05) is 18.4 Å². The molecule has 2 amide bonds. The van der Waals surface area contributed by atoms with Crippen molar-refractivity contribution in [1.29, 1.82) is 0 Å². The first-order valence-electron chi connectivity index (χ1n) is 5.81. The van der Waals surface area contributed by atoms with Gasteiger partial charge < -0.3 is 15.3 Å². The number of piperidine rings is 1. The number of rotatable bonds is 1. The lowest BCUT2D eigenvalue weighted by molar-refractivity contribution is 0.0464. The first-order valence-corrected chi connectivity index (χ1v) is 5.81. The molecule has 0 spiro atoms. The molecule has 2 atom stereocenters. The molecule has 2 rings (SSSR count). The fourth-order valence-electron chi connectivity index (χ4n) is 1.87. The third-order valence-corrected chi connectivity index (χ3v) is 3.14. The number of likely N-dealkylation sites (tertiary alicyclic amines) is 1. The minimum atomic E-state index is -0.424. The molecular formula is C12H17N3O2. The molecule has 1 fully saturated rings. The summed E-state index contributed by atoms with van der Waals surface area (Å²) in [6, 6.07) is 3.31. The number of nitrogens with one attached hydrogen (secondary N) is 1. The summed E-state index contributed by atoms with van der Waals surface area (Å²) in [5, 5.41) is 12.5. The number of nitrogens with zero attached hydrogens (tertiary/aromatic N) is 2. The molecule has 1 aromatic rings. The second-order valence-electron chi connectivity index (χ2n) is 4.45. The van der Waals surface area contributed by atoms with Crippen molar-refractivity contribution in [1.82, 2.24) is 9.88 Å². The molecule has 1 saturated heterocycles. The van der Waals surface area contributed by atoms with Crippen LogP contribution in [0.1, 0.15) is 13.3 Å². The monoisotopic (exact) mass is 235 g/mol. The summed E-state index contributed by atoms with van der Waals surface area (Å²) < 4.78 is 0. The predicted molar refractivity (Wildman–Crippen MR) is 64.6 cm³/mol. The summed E-state index contributed by atoms with van der Waals surface area (Å²) >= 11 is 0. The van der Waals surface area contributed by atoms with Gasteiger partial charge in [-0.15, -0.1) is 0 Å². The Kier molecular flexibility index (Phi) is 3.58. The predicted octanol–water partition coefficient (Wildman–Crippen LogP) is 1.32. The first-order chi connectivity index (χ1) is 8.16. The van der Waals surface area contributed by atoms with Crippen molar-refractivity contribution >= 4 is 11.7 Å². The minimum absolute atomic E-state index is 0.165. The maximum Gasteiger partial charge on any atom is 0.321 e. The summed E-state index contributed by atoms with van der Waals surface area (Å²) in [4.78, 5) is 17.4. The van der Waals surface area contributed by atoms with E-state index in [2.05, 4.69) is 10.3 Å². The van der Waals surface area contributed by atoms with E-state index in [1.807, 2.05) is 6.92 Å². The second-order valence-corrected chi connectivity index (χ2v) is 4.45. The summed E-state index contributed by atoms with van der Waals surface area (Å²) in [7, 11) is 0. The maximum atomic E-state index is 11.9. The largest absolute Gasteiger partial charge is 0.391 e. The van der Waals surface area contributed by atoms with Gasteiger partial charge in [-0.3, -0.25) is 4.98 Å². The van der Waals surface area contributed by atoms with Crippen LogP contribution in [0.5, 0.6) is 0 Å². The normalized spacial score (nSPS) is 24.5. The molecule has 5 nitrogen and oxygen atoms in total. The molecule has 1 aliphatic rings. The standard InChI is InChI=1S/C12H17N3O2/c1-9-4-7-15(8-11(9)16)12(17)14-10-2-5-13-6-3-10/h2-3,5-6,9,11,16H,4,7-8H2,1H3,(H,13,14,17). The first kappa shape index (κ1) is 11.9. The van der Waals surface area contributed by atoms with Crippen molar-refractivity contribution in [2.45, 2.75) is 19.4 Å². The van der Waals surface area contributed by atoms with E-state index in [1.165, 1.54) is 0 Å². The number of aliphatic hydroxyl groups excluding tert-OH is 1. The molecule has 1 aromatic heterocycles. The zero-order valence-corrected chi connectivity index (χ0v) is 9.84. The molecule has 17 heavy (non-hydrogen) atoms. The second kappa shape index (κ2) is 5.14. The van der Waals surface area contributed by atoms with Crippen LogP contribution in [0.3, 0.4) is 0 Å². The Morgan fingerprint density at radius 3 is 2.88 bits per heavy atom. The fraction of sp³-hybridized carbons (Fsp3) is 0.500. The number of amides is 2. The Morgan fingerprint density at radius 1 is 1.53 bits per heavy atom. The zero-order valence-electron chi connectivity index (χ0n) is 9.84. The molecule has 0 radical (unpaired) electrons. The van der Waals surface area contributed by atoms with Crippen molar-refractivity contribution < 1.29 is 9.90 Å². The highest BCUT2D eigenvalue weighted by atomic mass is 16.3. The summed E-state index contributed by atoms with van der Waals surface area (Å²) in [6.07, 6.45) is 3.67.